The maximum absolute atomic E-state index is 6.70. The van der Waals surface area contributed by atoms with Gasteiger partial charge in [-0.2, -0.15) is 0 Å². The quantitative estimate of drug-likeness (QED) is 0.363. The van der Waals surface area contributed by atoms with Gasteiger partial charge in [0.25, 0.3) is 0 Å². The summed E-state index contributed by atoms with van der Waals surface area (Å²) in [6.07, 6.45) is 9.28. The number of aromatic nitrogens is 3. The van der Waals surface area contributed by atoms with Gasteiger partial charge in [-0.3, -0.25) is 9.38 Å². The SMILES string of the molecule is CCSc1nc2c(-c3c(Cl)cc(C)cc3OC)nccn2c1N(CC1CC1)CC1CC1. The van der Waals surface area contributed by atoms with Crippen molar-refractivity contribution in [2.45, 2.75) is 44.6 Å². The van der Waals surface area contributed by atoms with Crippen molar-refractivity contribution in [3.63, 3.8) is 0 Å². The molecule has 2 aliphatic rings. The molecule has 2 aromatic heterocycles. The zero-order valence-corrected chi connectivity index (χ0v) is 20.0. The zero-order valence-electron chi connectivity index (χ0n) is 18.4. The summed E-state index contributed by atoms with van der Waals surface area (Å²) >= 11 is 8.51. The number of nitrogens with zero attached hydrogens (tertiary/aromatic N) is 4. The largest absolute Gasteiger partial charge is 0.496 e. The Balaban J connectivity index is 1.68. The summed E-state index contributed by atoms with van der Waals surface area (Å²) in [6.45, 7) is 6.44. The van der Waals surface area contributed by atoms with Gasteiger partial charge in [-0.05, 0) is 67.9 Å². The second kappa shape index (κ2) is 8.55. The van der Waals surface area contributed by atoms with Crippen LogP contribution in [0.2, 0.25) is 5.02 Å². The minimum Gasteiger partial charge on any atom is -0.496 e. The third-order valence-corrected chi connectivity index (χ3v) is 7.21. The Bertz CT molecular complexity index is 1090. The van der Waals surface area contributed by atoms with Crippen LogP contribution < -0.4 is 9.64 Å². The fourth-order valence-electron chi connectivity index (χ4n) is 4.21. The van der Waals surface area contributed by atoms with Crippen molar-refractivity contribution >= 4 is 34.8 Å². The Hall–Kier alpha value is -1.92. The lowest BCUT2D eigenvalue weighted by Crippen LogP contribution is -2.29. The molecule has 0 radical (unpaired) electrons. The van der Waals surface area contributed by atoms with E-state index in [0.29, 0.717) is 5.02 Å². The van der Waals surface area contributed by atoms with E-state index in [0.717, 1.165) is 63.9 Å². The highest BCUT2D eigenvalue weighted by Gasteiger charge is 2.32. The number of benzene rings is 1. The van der Waals surface area contributed by atoms with E-state index in [1.807, 2.05) is 31.5 Å². The van der Waals surface area contributed by atoms with Crippen LogP contribution >= 0.6 is 23.4 Å². The Kier molecular flexibility index (Phi) is 5.78. The number of hydrogen-bond donors (Lipinski definition) is 0. The molecule has 2 saturated carbocycles. The van der Waals surface area contributed by atoms with Crippen LogP contribution in [0.15, 0.2) is 29.6 Å². The normalized spacial score (nSPS) is 16.1. The van der Waals surface area contributed by atoms with Gasteiger partial charge >= 0.3 is 0 Å². The molecule has 164 valence electrons. The van der Waals surface area contributed by atoms with E-state index in [1.54, 1.807) is 18.9 Å². The average molecular weight is 457 g/mol. The molecule has 5 nitrogen and oxygen atoms in total. The van der Waals surface area contributed by atoms with Gasteiger partial charge in [-0.15, -0.1) is 11.8 Å². The fraction of sp³-hybridized carbons (Fsp3) is 0.500. The summed E-state index contributed by atoms with van der Waals surface area (Å²) in [7, 11) is 1.68. The number of methoxy groups -OCH3 is 1. The maximum Gasteiger partial charge on any atom is 0.166 e. The highest BCUT2D eigenvalue weighted by molar-refractivity contribution is 7.99. The summed E-state index contributed by atoms with van der Waals surface area (Å²) in [5.74, 6) is 4.56. The molecular weight excluding hydrogens is 428 g/mol. The van der Waals surface area contributed by atoms with Crippen LogP contribution in [0.4, 0.5) is 5.82 Å². The molecule has 5 rings (SSSR count). The number of ether oxygens (including phenoxy) is 1. The van der Waals surface area contributed by atoms with E-state index in [-0.39, 0.29) is 0 Å². The fourth-order valence-corrected chi connectivity index (χ4v) is 5.35. The molecule has 0 bridgehead atoms. The van der Waals surface area contributed by atoms with E-state index in [9.17, 15) is 0 Å². The molecule has 0 saturated heterocycles. The summed E-state index contributed by atoms with van der Waals surface area (Å²) in [6, 6.07) is 3.97. The van der Waals surface area contributed by atoms with Gasteiger partial charge in [0, 0.05) is 25.5 Å². The van der Waals surface area contributed by atoms with Crippen molar-refractivity contribution in [3.8, 4) is 17.0 Å². The van der Waals surface area contributed by atoms with Gasteiger partial charge in [0.1, 0.15) is 22.3 Å². The molecule has 0 N–H and O–H groups in total. The summed E-state index contributed by atoms with van der Waals surface area (Å²) in [5.41, 5.74) is 3.48. The molecule has 2 fully saturated rings. The van der Waals surface area contributed by atoms with Gasteiger partial charge in [-0.1, -0.05) is 18.5 Å². The number of halogens is 1. The van der Waals surface area contributed by atoms with E-state index >= 15 is 0 Å². The highest BCUT2D eigenvalue weighted by atomic mass is 35.5. The van der Waals surface area contributed by atoms with Crippen molar-refractivity contribution in [2.75, 3.05) is 30.9 Å². The van der Waals surface area contributed by atoms with E-state index in [4.69, 9.17) is 26.3 Å². The predicted octanol–water partition coefficient (Wildman–Crippen LogP) is 6.11. The number of anilines is 1. The van der Waals surface area contributed by atoms with Crippen LogP contribution in [0.25, 0.3) is 16.9 Å². The van der Waals surface area contributed by atoms with Crippen LogP contribution in [-0.4, -0.2) is 40.3 Å². The lowest BCUT2D eigenvalue weighted by molar-refractivity contribution is 0.416. The first kappa shape index (κ1) is 21.0. The molecule has 3 aromatic rings. The average Bonchev–Trinajstić information content (AvgIpc) is 3.67. The van der Waals surface area contributed by atoms with E-state index in [1.165, 1.54) is 31.5 Å². The third kappa shape index (κ3) is 4.24. The molecule has 7 heteroatoms. The minimum atomic E-state index is 0.638. The zero-order chi connectivity index (χ0) is 21.5. The molecule has 0 unspecified atom stereocenters. The van der Waals surface area contributed by atoms with Crippen LogP contribution in [0.1, 0.15) is 38.2 Å². The molecule has 0 aliphatic heterocycles. The number of hydrogen-bond acceptors (Lipinski definition) is 5. The molecule has 0 atom stereocenters. The Labute approximate surface area is 193 Å². The Morgan fingerprint density at radius 3 is 2.52 bits per heavy atom. The molecular formula is C24H29ClN4OS. The third-order valence-electron chi connectivity index (χ3n) is 6.07. The van der Waals surface area contributed by atoms with Gasteiger partial charge in [0.2, 0.25) is 0 Å². The highest BCUT2D eigenvalue weighted by Crippen LogP contribution is 2.42. The summed E-state index contributed by atoms with van der Waals surface area (Å²) in [4.78, 5) is 12.4. The molecule has 1 aromatic carbocycles. The van der Waals surface area contributed by atoms with Crippen LogP contribution in [0.5, 0.6) is 5.75 Å². The second-order valence-corrected chi connectivity index (χ2v) is 10.4. The lowest BCUT2D eigenvalue weighted by Gasteiger charge is -2.25. The van der Waals surface area contributed by atoms with Crippen molar-refractivity contribution < 1.29 is 4.74 Å². The first-order valence-electron chi connectivity index (χ1n) is 11.2. The van der Waals surface area contributed by atoms with Crippen LogP contribution in [-0.2, 0) is 0 Å². The number of fused-ring (bicyclic) bond motifs is 1. The first-order chi connectivity index (χ1) is 15.1. The smallest absolute Gasteiger partial charge is 0.166 e. The predicted molar refractivity (Wildman–Crippen MR) is 129 cm³/mol. The standard InChI is InChI=1S/C24H29ClN4OS/c1-4-31-23-24(28(13-16-5-6-16)14-17-7-8-17)29-10-9-26-21(22(29)27-23)20-18(25)11-15(2)12-19(20)30-3/h9-12,16-17H,4-8,13-14H2,1-3H3. The number of aryl methyl sites for hydroxylation is 1. The monoisotopic (exact) mass is 456 g/mol. The number of imidazole rings is 1. The van der Waals surface area contributed by atoms with E-state index < -0.39 is 0 Å². The molecule has 0 amide bonds. The molecule has 31 heavy (non-hydrogen) atoms. The van der Waals surface area contributed by atoms with Crippen molar-refractivity contribution in [1.82, 2.24) is 14.4 Å². The number of rotatable bonds is 9. The number of thioether (sulfide) groups is 1. The summed E-state index contributed by atoms with van der Waals surface area (Å²) < 4.78 is 7.91. The second-order valence-electron chi connectivity index (χ2n) is 8.76. The van der Waals surface area contributed by atoms with Gasteiger partial charge in [0.05, 0.1) is 17.7 Å². The van der Waals surface area contributed by atoms with Crippen molar-refractivity contribution in [2.24, 2.45) is 11.8 Å². The topological polar surface area (TPSA) is 42.7 Å². The van der Waals surface area contributed by atoms with Gasteiger partial charge in [-0.25, -0.2) is 4.98 Å². The van der Waals surface area contributed by atoms with Crippen LogP contribution in [0, 0.1) is 18.8 Å². The maximum atomic E-state index is 6.70. The Morgan fingerprint density at radius 2 is 1.90 bits per heavy atom. The summed E-state index contributed by atoms with van der Waals surface area (Å²) in [5, 5.41) is 1.72. The molecule has 0 spiro atoms. The first-order valence-corrected chi connectivity index (χ1v) is 12.5. The molecule has 2 aliphatic carbocycles. The van der Waals surface area contributed by atoms with Crippen molar-refractivity contribution in [3.05, 3.63) is 35.1 Å². The Morgan fingerprint density at radius 1 is 1.19 bits per heavy atom. The minimum absolute atomic E-state index is 0.638. The van der Waals surface area contributed by atoms with E-state index in [2.05, 4.69) is 16.2 Å². The molecule has 2 heterocycles. The van der Waals surface area contributed by atoms with Gasteiger partial charge < -0.3 is 9.64 Å². The van der Waals surface area contributed by atoms with Gasteiger partial charge in [0.15, 0.2) is 5.65 Å². The van der Waals surface area contributed by atoms with Crippen LogP contribution in [0.3, 0.4) is 0 Å². The van der Waals surface area contributed by atoms with Crippen molar-refractivity contribution in [1.29, 1.82) is 0 Å². The lowest BCUT2D eigenvalue weighted by atomic mass is 10.1.